The molecule has 2 aromatic heterocycles. The van der Waals surface area contributed by atoms with Gasteiger partial charge in [-0.05, 0) is 19.1 Å². The van der Waals surface area contributed by atoms with E-state index < -0.39 is 0 Å². The van der Waals surface area contributed by atoms with Crippen molar-refractivity contribution in [1.82, 2.24) is 15.3 Å². The maximum absolute atomic E-state index is 11.8. The van der Waals surface area contributed by atoms with E-state index in [1.165, 1.54) is 6.20 Å². The van der Waals surface area contributed by atoms with E-state index in [0.29, 0.717) is 11.5 Å². The van der Waals surface area contributed by atoms with Gasteiger partial charge in [0.25, 0.3) is 5.91 Å². The Morgan fingerprint density at radius 3 is 2.72 bits per heavy atom. The monoisotopic (exact) mass is 246 g/mol. The standard InChI is InChI=1S/C12H14N4O2/c1-8-5-15-11(18-8)7-16-12(17)9-3-4-10(13-2)14-6-9/h3-6H,7H2,1-2H3,(H,13,14)(H,16,17). The minimum Gasteiger partial charge on any atom is -0.444 e. The number of pyridine rings is 1. The molecule has 0 atom stereocenters. The molecule has 0 fully saturated rings. The highest BCUT2D eigenvalue weighted by molar-refractivity contribution is 5.93. The minimum absolute atomic E-state index is 0.207. The Morgan fingerprint density at radius 2 is 2.17 bits per heavy atom. The summed E-state index contributed by atoms with van der Waals surface area (Å²) in [5, 5.41) is 5.60. The number of hydrogen-bond acceptors (Lipinski definition) is 5. The molecule has 0 aliphatic heterocycles. The van der Waals surface area contributed by atoms with Crippen LogP contribution in [0, 0.1) is 6.92 Å². The second kappa shape index (κ2) is 5.31. The molecular formula is C12H14N4O2. The van der Waals surface area contributed by atoms with Gasteiger partial charge in [-0.15, -0.1) is 0 Å². The average Bonchev–Trinajstić information content (AvgIpc) is 2.82. The number of amides is 1. The quantitative estimate of drug-likeness (QED) is 0.851. The van der Waals surface area contributed by atoms with Crippen LogP contribution >= 0.6 is 0 Å². The number of anilines is 1. The van der Waals surface area contributed by atoms with Crippen molar-refractivity contribution in [3.05, 3.63) is 41.7 Å². The molecule has 0 aliphatic carbocycles. The van der Waals surface area contributed by atoms with Crippen molar-refractivity contribution in [3.63, 3.8) is 0 Å². The van der Waals surface area contributed by atoms with Crippen LogP contribution in [-0.4, -0.2) is 22.9 Å². The number of nitrogens with zero attached hydrogens (tertiary/aromatic N) is 2. The van der Waals surface area contributed by atoms with Crippen molar-refractivity contribution in [2.75, 3.05) is 12.4 Å². The van der Waals surface area contributed by atoms with Gasteiger partial charge >= 0.3 is 0 Å². The lowest BCUT2D eigenvalue weighted by atomic mass is 10.2. The number of hydrogen-bond donors (Lipinski definition) is 2. The van der Waals surface area contributed by atoms with Crippen molar-refractivity contribution >= 4 is 11.7 Å². The van der Waals surface area contributed by atoms with Gasteiger partial charge in [-0.3, -0.25) is 4.79 Å². The Balaban J connectivity index is 1.94. The lowest BCUT2D eigenvalue weighted by Crippen LogP contribution is -2.23. The molecule has 0 unspecified atom stereocenters. The maximum Gasteiger partial charge on any atom is 0.253 e. The smallest absolute Gasteiger partial charge is 0.253 e. The number of carbonyl (C=O) groups is 1. The van der Waals surface area contributed by atoms with Crippen LogP contribution in [0.25, 0.3) is 0 Å². The summed E-state index contributed by atoms with van der Waals surface area (Å²) in [5.74, 6) is 1.72. The molecule has 0 aromatic carbocycles. The molecule has 94 valence electrons. The third kappa shape index (κ3) is 2.85. The van der Waals surface area contributed by atoms with E-state index in [0.717, 1.165) is 11.6 Å². The van der Waals surface area contributed by atoms with Gasteiger partial charge in [0, 0.05) is 13.2 Å². The Bertz CT molecular complexity index is 533. The molecule has 0 radical (unpaired) electrons. The minimum atomic E-state index is -0.207. The van der Waals surface area contributed by atoms with E-state index in [-0.39, 0.29) is 12.5 Å². The molecule has 0 saturated heterocycles. The summed E-state index contributed by atoms with van der Waals surface area (Å²) in [6, 6.07) is 3.44. The van der Waals surface area contributed by atoms with Crippen molar-refractivity contribution in [3.8, 4) is 0 Å². The fourth-order valence-electron chi connectivity index (χ4n) is 1.42. The molecule has 0 saturated carbocycles. The van der Waals surface area contributed by atoms with E-state index >= 15 is 0 Å². The van der Waals surface area contributed by atoms with E-state index in [9.17, 15) is 4.79 Å². The predicted molar refractivity (Wildman–Crippen MR) is 66.2 cm³/mol. The third-order valence-corrected chi connectivity index (χ3v) is 2.35. The number of oxazole rings is 1. The Hall–Kier alpha value is -2.37. The first-order valence-corrected chi connectivity index (χ1v) is 5.52. The zero-order valence-electron chi connectivity index (χ0n) is 10.2. The van der Waals surface area contributed by atoms with E-state index in [1.54, 1.807) is 32.3 Å². The average molecular weight is 246 g/mol. The summed E-state index contributed by atoms with van der Waals surface area (Å²) < 4.78 is 5.25. The van der Waals surface area contributed by atoms with Crippen LogP contribution < -0.4 is 10.6 Å². The fourth-order valence-corrected chi connectivity index (χ4v) is 1.42. The van der Waals surface area contributed by atoms with Crippen molar-refractivity contribution in [1.29, 1.82) is 0 Å². The lowest BCUT2D eigenvalue weighted by Gasteiger charge is -2.03. The first kappa shape index (κ1) is 12.1. The number of carbonyl (C=O) groups excluding carboxylic acids is 1. The molecule has 0 aliphatic rings. The Morgan fingerprint density at radius 1 is 1.33 bits per heavy atom. The van der Waals surface area contributed by atoms with Crippen LogP contribution in [0.2, 0.25) is 0 Å². The van der Waals surface area contributed by atoms with Gasteiger partial charge in [0.05, 0.1) is 18.3 Å². The van der Waals surface area contributed by atoms with Crippen LogP contribution in [0.15, 0.2) is 28.9 Å². The van der Waals surface area contributed by atoms with E-state index in [4.69, 9.17) is 4.42 Å². The molecule has 1 amide bonds. The van der Waals surface area contributed by atoms with Crippen molar-refractivity contribution in [2.45, 2.75) is 13.5 Å². The highest BCUT2D eigenvalue weighted by atomic mass is 16.4. The number of nitrogens with one attached hydrogen (secondary N) is 2. The second-order valence-electron chi connectivity index (χ2n) is 3.73. The highest BCUT2D eigenvalue weighted by Crippen LogP contribution is 2.05. The van der Waals surface area contributed by atoms with Crippen LogP contribution in [-0.2, 0) is 6.54 Å². The molecule has 2 heterocycles. The maximum atomic E-state index is 11.8. The Kier molecular flexibility index (Phi) is 3.57. The molecule has 0 spiro atoms. The largest absolute Gasteiger partial charge is 0.444 e. The summed E-state index contributed by atoms with van der Waals surface area (Å²) in [5.41, 5.74) is 0.497. The van der Waals surface area contributed by atoms with Crippen LogP contribution in [0.5, 0.6) is 0 Å². The highest BCUT2D eigenvalue weighted by Gasteiger charge is 2.07. The zero-order valence-corrected chi connectivity index (χ0v) is 10.2. The number of aryl methyl sites for hydroxylation is 1. The zero-order chi connectivity index (χ0) is 13.0. The summed E-state index contributed by atoms with van der Waals surface area (Å²) in [7, 11) is 1.77. The molecule has 18 heavy (non-hydrogen) atoms. The third-order valence-electron chi connectivity index (χ3n) is 2.35. The topological polar surface area (TPSA) is 80.0 Å². The van der Waals surface area contributed by atoms with Crippen LogP contribution in [0.3, 0.4) is 0 Å². The van der Waals surface area contributed by atoms with E-state index in [2.05, 4.69) is 20.6 Å². The van der Waals surface area contributed by atoms with E-state index in [1.807, 2.05) is 0 Å². The van der Waals surface area contributed by atoms with Crippen molar-refractivity contribution < 1.29 is 9.21 Å². The molecule has 6 heteroatoms. The molecule has 2 aromatic rings. The predicted octanol–water partition coefficient (Wildman–Crippen LogP) is 1.35. The first-order valence-electron chi connectivity index (χ1n) is 5.52. The van der Waals surface area contributed by atoms with Gasteiger partial charge in [0.15, 0.2) is 0 Å². The summed E-state index contributed by atoms with van der Waals surface area (Å²) in [4.78, 5) is 19.9. The number of aromatic nitrogens is 2. The Labute approximate surface area is 104 Å². The van der Waals surface area contributed by atoms with Gasteiger partial charge in [-0.1, -0.05) is 0 Å². The van der Waals surface area contributed by atoms with Crippen LogP contribution in [0.1, 0.15) is 22.0 Å². The van der Waals surface area contributed by atoms with Gasteiger partial charge in [0.2, 0.25) is 5.89 Å². The summed E-state index contributed by atoms with van der Waals surface area (Å²) >= 11 is 0. The SMILES string of the molecule is CNc1ccc(C(=O)NCc2ncc(C)o2)cn1. The molecule has 2 N–H and O–H groups in total. The first-order chi connectivity index (χ1) is 8.69. The summed E-state index contributed by atoms with van der Waals surface area (Å²) in [6.45, 7) is 2.07. The molecular weight excluding hydrogens is 232 g/mol. The lowest BCUT2D eigenvalue weighted by molar-refractivity contribution is 0.0947. The molecule has 2 rings (SSSR count). The van der Waals surface area contributed by atoms with Gasteiger partial charge < -0.3 is 15.1 Å². The van der Waals surface area contributed by atoms with Gasteiger partial charge in [0.1, 0.15) is 11.6 Å². The second-order valence-corrected chi connectivity index (χ2v) is 3.73. The molecule has 6 nitrogen and oxygen atoms in total. The summed E-state index contributed by atoms with van der Waals surface area (Å²) in [6.07, 6.45) is 3.13. The van der Waals surface area contributed by atoms with Gasteiger partial charge in [-0.25, -0.2) is 9.97 Å². The van der Waals surface area contributed by atoms with Gasteiger partial charge in [-0.2, -0.15) is 0 Å². The fraction of sp³-hybridized carbons (Fsp3) is 0.250. The van der Waals surface area contributed by atoms with Crippen molar-refractivity contribution in [2.24, 2.45) is 0 Å². The molecule has 0 bridgehead atoms. The number of rotatable bonds is 4. The van der Waals surface area contributed by atoms with Crippen LogP contribution in [0.4, 0.5) is 5.82 Å². The normalized spacial score (nSPS) is 10.1.